The Labute approximate surface area is 176 Å². The standard InChI is InChI=1S/C20H20FN7O3/c1-8-16-13(28-20(23)25-8)6-12(26-18(16)29)10-5-15(30-2)11(21)4-9(10)14-7-24-17(22)19(27-14)31-3/h4-5,7,12H,6H2,1-3H3,(H2,22,24)(H,26,29)(H2,23,25,28). The molecular formula is C20H20FN7O3. The highest BCUT2D eigenvalue weighted by atomic mass is 19.1. The van der Waals surface area contributed by atoms with E-state index in [9.17, 15) is 9.18 Å². The van der Waals surface area contributed by atoms with Gasteiger partial charge in [0, 0.05) is 12.0 Å². The Balaban J connectivity index is 1.87. The van der Waals surface area contributed by atoms with E-state index in [0.29, 0.717) is 40.2 Å². The number of anilines is 2. The van der Waals surface area contributed by atoms with Crippen LogP contribution in [0, 0.1) is 12.7 Å². The number of rotatable bonds is 4. The van der Waals surface area contributed by atoms with Gasteiger partial charge in [-0.15, -0.1) is 0 Å². The average Bonchev–Trinajstić information content (AvgIpc) is 2.73. The number of ether oxygens (including phenoxy) is 2. The number of carbonyl (C=O) groups is 1. The Morgan fingerprint density at radius 2 is 1.94 bits per heavy atom. The van der Waals surface area contributed by atoms with Crippen molar-refractivity contribution < 1.29 is 18.7 Å². The van der Waals surface area contributed by atoms with Gasteiger partial charge in [0.15, 0.2) is 17.4 Å². The van der Waals surface area contributed by atoms with Crippen LogP contribution in [0.1, 0.15) is 33.4 Å². The molecule has 31 heavy (non-hydrogen) atoms. The molecule has 160 valence electrons. The molecule has 0 aliphatic carbocycles. The van der Waals surface area contributed by atoms with Gasteiger partial charge in [-0.05, 0) is 24.6 Å². The predicted octanol–water partition coefficient (Wildman–Crippen LogP) is 1.59. The molecule has 0 radical (unpaired) electrons. The van der Waals surface area contributed by atoms with Crippen molar-refractivity contribution in [2.24, 2.45) is 0 Å². The minimum absolute atomic E-state index is 0.0209. The number of aryl methyl sites for hydroxylation is 1. The number of halogens is 1. The Kier molecular flexibility index (Phi) is 5.01. The van der Waals surface area contributed by atoms with Crippen molar-refractivity contribution in [3.05, 3.63) is 46.7 Å². The van der Waals surface area contributed by atoms with Crippen molar-refractivity contribution in [3.63, 3.8) is 0 Å². The molecule has 0 spiro atoms. The molecular weight excluding hydrogens is 405 g/mol. The molecule has 0 saturated carbocycles. The fraction of sp³-hybridized carbons (Fsp3) is 0.250. The SMILES string of the molecule is COc1cc(C2Cc3nc(N)nc(C)c3C(=O)N2)c(-c2cnc(N)c(OC)n2)cc1F. The van der Waals surface area contributed by atoms with Gasteiger partial charge in [0.25, 0.3) is 11.8 Å². The fourth-order valence-electron chi connectivity index (χ4n) is 3.66. The molecule has 5 N–H and O–H groups in total. The number of methoxy groups -OCH3 is 2. The highest BCUT2D eigenvalue weighted by Crippen LogP contribution is 2.37. The summed E-state index contributed by atoms with van der Waals surface area (Å²) in [6.07, 6.45) is 1.72. The lowest BCUT2D eigenvalue weighted by Crippen LogP contribution is -2.37. The maximum Gasteiger partial charge on any atom is 0.257 e. The van der Waals surface area contributed by atoms with Crippen LogP contribution >= 0.6 is 0 Å². The zero-order valence-electron chi connectivity index (χ0n) is 17.1. The minimum atomic E-state index is -0.594. The number of aromatic nitrogens is 4. The molecule has 3 heterocycles. The number of amides is 1. The summed E-state index contributed by atoms with van der Waals surface area (Å²) in [6.45, 7) is 1.69. The molecule has 11 heteroatoms. The lowest BCUT2D eigenvalue weighted by atomic mass is 9.90. The Bertz CT molecular complexity index is 1200. The van der Waals surface area contributed by atoms with E-state index in [0.717, 1.165) is 0 Å². The van der Waals surface area contributed by atoms with Crippen molar-refractivity contribution in [3.8, 4) is 22.9 Å². The molecule has 2 aromatic heterocycles. The van der Waals surface area contributed by atoms with Crippen LogP contribution in [0.2, 0.25) is 0 Å². The lowest BCUT2D eigenvalue weighted by molar-refractivity contribution is 0.0922. The summed E-state index contributed by atoms with van der Waals surface area (Å²) < 4.78 is 24.9. The van der Waals surface area contributed by atoms with E-state index in [1.54, 1.807) is 6.92 Å². The van der Waals surface area contributed by atoms with E-state index in [-0.39, 0.29) is 29.3 Å². The van der Waals surface area contributed by atoms with Crippen LogP contribution in [0.3, 0.4) is 0 Å². The maximum absolute atomic E-state index is 14.6. The highest BCUT2D eigenvalue weighted by molar-refractivity contribution is 5.98. The molecule has 4 rings (SSSR count). The highest BCUT2D eigenvalue weighted by Gasteiger charge is 2.31. The summed E-state index contributed by atoms with van der Waals surface area (Å²) in [6, 6.07) is 2.24. The van der Waals surface area contributed by atoms with Crippen molar-refractivity contribution in [1.29, 1.82) is 0 Å². The molecule has 1 amide bonds. The van der Waals surface area contributed by atoms with E-state index in [1.165, 1.54) is 32.5 Å². The van der Waals surface area contributed by atoms with Crippen molar-refractivity contribution >= 4 is 17.7 Å². The lowest BCUT2D eigenvalue weighted by Gasteiger charge is -2.28. The first-order valence-electron chi connectivity index (χ1n) is 9.30. The number of fused-ring (bicyclic) bond motifs is 1. The van der Waals surface area contributed by atoms with Gasteiger partial charge in [0.1, 0.15) is 0 Å². The molecule has 1 atom stereocenters. The van der Waals surface area contributed by atoms with Crippen LogP contribution in [0.4, 0.5) is 16.2 Å². The van der Waals surface area contributed by atoms with Gasteiger partial charge in [0.05, 0.1) is 49.1 Å². The van der Waals surface area contributed by atoms with Gasteiger partial charge in [-0.3, -0.25) is 4.79 Å². The summed E-state index contributed by atoms with van der Waals surface area (Å²) in [5, 5.41) is 2.93. The number of nitrogens with zero attached hydrogens (tertiary/aromatic N) is 4. The van der Waals surface area contributed by atoms with Gasteiger partial charge in [0.2, 0.25) is 5.95 Å². The maximum atomic E-state index is 14.6. The summed E-state index contributed by atoms with van der Waals surface area (Å²) in [4.78, 5) is 29.5. The predicted molar refractivity (Wildman–Crippen MR) is 110 cm³/mol. The molecule has 0 bridgehead atoms. The van der Waals surface area contributed by atoms with E-state index in [1.807, 2.05) is 0 Å². The van der Waals surface area contributed by atoms with Gasteiger partial charge in [-0.2, -0.15) is 0 Å². The third-order valence-corrected chi connectivity index (χ3v) is 5.05. The van der Waals surface area contributed by atoms with E-state index < -0.39 is 11.9 Å². The van der Waals surface area contributed by atoms with Crippen molar-refractivity contribution in [2.45, 2.75) is 19.4 Å². The molecule has 1 aromatic carbocycles. The van der Waals surface area contributed by atoms with Crippen LogP contribution in [0.25, 0.3) is 11.3 Å². The van der Waals surface area contributed by atoms with Crippen LogP contribution in [-0.2, 0) is 6.42 Å². The number of carbonyl (C=O) groups excluding carboxylic acids is 1. The summed E-state index contributed by atoms with van der Waals surface area (Å²) in [5.74, 6) is -0.635. The monoisotopic (exact) mass is 425 g/mol. The first-order chi connectivity index (χ1) is 14.8. The molecule has 0 fully saturated rings. The second-order valence-corrected chi connectivity index (χ2v) is 6.94. The zero-order valence-corrected chi connectivity index (χ0v) is 17.1. The van der Waals surface area contributed by atoms with Gasteiger partial charge in [-0.1, -0.05) is 0 Å². The molecule has 10 nitrogen and oxygen atoms in total. The van der Waals surface area contributed by atoms with Gasteiger partial charge < -0.3 is 26.3 Å². The van der Waals surface area contributed by atoms with Crippen LogP contribution in [0.5, 0.6) is 11.6 Å². The first-order valence-corrected chi connectivity index (χ1v) is 9.30. The normalized spacial score (nSPS) is 15.2. The van der Waals surface area contributed by atoms with Crippen LogP contribution < -0.4 is 26.3 Å². The molecule has 1 aliphatic heterocycles. The second-order valence-electron chi connectivity index (χ2n) is 6.94. The summed E-state index contributed by atoms with van der Waals surface area (Å²) in [7, 11) is 2.77. The molecule has 3 aromatic rings. The van der Waals surface area contributed by atoms with Crippen LogP contribution in [0.15, 0.2) is 18.3 Å². The average molecular weight is 425 g/mol. The number of nitrogens with two attached hydrogens (primary N) is 2. The first kappa shape index (κ1) is 20.3. The zero-order chi connectivity index (χ0) is 22.3. The number of nitrogens with one attached hydrogen (secondary N) is 1. The second kappa shape index (κ2) is 7.67. The van der Waals surface area contributed by atoms with Crippen molar-refractivity contribution in [1.82, 2.24) is 25.3 Å². The Morgan fingerprint density at radius 1 is 1.16 bits per heavy atom. The molecule has 0 saturated heterocycles. The Morgan fingerprint density at radius 3 is 2.65 bits per heavy atom. The third kappa shape index (κ3) is 3.54. The number of benzene rings is 1. The summed E-state index contributed by atoms with van der Waals surface area (Å²) in [5.41, 5.74) is 14.2. The minimum Gasteiger partial charge on any atom is -0.494 e. The number of nitrogen functional groups attached to an aromatic ring is 2. The van der Waals surface area contributed by atoms with Gasteiger partial charge >= 0.3 is 0 Å². The smallest absolute Gasteiger partial charge is 0.257 e. The molecule has 1 unspecified atom stereocenters. The van der Waals surface area contributed by atoms with E-state index >= 15 is 0 Å². The fourth-order valence-corrected chi connectivity index (χ4v) is 3.66. The van der Waals surface area contributed by atoms with E-state index in [2.05, 4.69) is 25.3 Å². The van der Waals surface area contributed by atoms with E-state index in [4.69, 9.17) is 20.9 Å². The molecule has 1 aliphatic rings. The third-order valence-electron chi connectivity index (χ3n) is 5.05. The van der Waals surface area contributed by atoms with Crippen molar-refractivity contribution in [2.75, 3.05) is 25.7 Å². The largest absolute Gasteiger partial charge is 0.494 e. The quantitative estimate of drug-likeness (QED) is 0.566. The number of hydrogen-bond acceptors (Lipinski definition) is 9. The summed E-state index contributed by atoms with van der Waals surface area (Å²) >= 11 is 0. The topological polar surface area (TPSA) is 151 Å². The van der Waals surface area contributed by atoms with Gasteiger partial charge in [-0.25, -0.2) is 24.3 Å². The Hall–Kier alpha value is -4.02. The number of hydrogen-bond donors (Lipinski definition) is 3. The van der Waals surface area contributed by atoms with Crippen LogP contribution in [-0.4, -0.2) is 40.1 Å².